The van der Waals surface area contributed by atoms with Gasteiger partial charge in [-0.25, -0.2) is 8.78 Å². The lowest BCUT2D eigenvalue weighted by molar-refractivity contribution is 0.504. The largest absolute Gasteiger partial charge is 0.398 e. The first-order valence-electron chi connectivity index (χ1n) is 4.56. The molecule has 0 bridgehead atoms. The number of hydrogen-bond donors (Lipinski definition) is 2. The van der Waals surface area contributed by atoms with Gasteiger partial charge in [0, 0.05) is 17.8 Å². The van der Waals surface area contributed by atoms with E-state index < -0.39 is 11.6 Å². The zero-order chi connectivity index (χ0) is 10.7. The van der Waals surface area contributed by atoms with Gasteiger partial charge in [0.25, 0.3) is 0 Å². The average Bonchev–Trinajstić information content (AvgIpc) is 2.11. The molecule has 0 amide bonds. The van der Waals surface area contributed by atoms with E-state index in [1.165, 1.54) is 0 Å². The molecule has 0 saturated heterocycles. The third kappa shape index (κ3) is 2.20. The van der Waals surface area contributed by atoms with Crippen molar-refractivity contribution in [2.75, 3.05) is 5.73 Å². The summed E-state index contributed by atoms with van der Waals surface area (Å²) in [6.07, 6.45) is 1.58. The predicted molar refractivity (Wildman–Crippen MR) is 52.6 cm³/mol. The van der Waals surface area contributed by atoms with Crippen LogP contribution in [0.2, 0.25) is 0 Å². The van der Waals surface area contributed by atoms with Gasteiger partial charge in [-0.2, -0.15) is 0 Å². The second-order valence-corrected chi connectivity index (χ2v) is 3.29. The van der Waals surface area contributed by atoms with Crippen molar-refractivity contribution in [2.45, 2.75) is 25.8 Å². The Kier molecular flexibility index (Phi) is 3.41. The second-order valence-electron chi connectivity index (χ2n) is 3.29. The van der Waals surface area contributed by atoms with Crippen LogP contribution in [-0.2, 0) is 0 Å². The molecule has 1 atom stereocenters. The highest BCUT2D eigenvalue weighted by molar-refractivity contribution is 5.48. The minimum atomic E-state index is -0.935. The molecule has 0 heterocycles. The lowest BCUT2D eigenvalue weighted by Gasteiger charge is -2.13. The summed E-state index contributed by atoms with van der Waals surface area (Å²) in [5, 5.41) is 0. The molecule has 78 valence electrons. The molecular weight excluding hydrogens is 186 g/mol. The summed E-state index contributed by atoms with van der Waals surface area (Å²) in [6.45, 7) is 1.97. The Bertz CT molecular complexity index is 326. The second kappa shape index (κ2) is 4.37. The molecule has 0 fully saturated rings. The molecule has 4 heteroatoms. The summed E-state index contributed by atoms with van der Waals surface area (Å²) in [5.41, 5.74) is 12.0. The maximum Gasteiger partial charge on any atom is 0.160 e. The molecule has 0 aliphatic rings. The van der Waals surface area contributed by atoms with Crippen LogP contribution in [0.4, 0.5) is 14.5 Å². The van der Waals surface area contributed by atoms with Gasteiger partial charge in [0.2, 0.25) is 0 Å². The van der Waals surface area contributed by atoms with Crippen LogP contribution in [0.3, 0.4) is 0 Å². The van der Waals surface area contributed by atoms with Crippen molar-refractivity contribution in [3.05, 3.63) is 29.3 Å². The molecule has 2 nitrogen and oxygen atoms in total. The zero-order valence-electron chi connectivity index (χ0n) is 8.06. The van der Waals surface area contributed by atoms with E-state index in [0.717, 1.165) is 18.6 Å². The van der Waals surface area contributed by atoms with Gasteiger partial charge in [-0.05, 0) is 18.1 Å². The van der Waals surface area contributed by atoms with Gasteiger partial charge < -0.3 is 11.5 Å². The Morgan fingerprint density at radius 2 is 1.86 bits per heavy atom. The van der Waals surface area contributed by atoms with E-state index in [4.69, 9.17) is 11.5 Å². The van der Waals surface area contributed by atoms with Crippen molar-refractivity contribution in [2.24, 2.45) is 5.73 Å². The lowest BCUT2D eigenvalue weighted by atomic mass is 10.0. The molecular formula is C10H14F2N2. The van der Waals surface area contributed by atoms with Crippen LogP contribution >= 0.6 is 0 Å². The zero-order valence-corrected chi connectivity index (χ0v) is 8.06. The number of halogens is 2. The number of nitrogens with two attached hydrogens (primary N) is 2. The number of anilines is 1. The third-order valence-corrected chi connectivity index (χ3v) is 2.13. The minimum absolute atomic E-state index is 0.213. The van der Waals surface area contributed by atoms with Gasteiger partial charge in [-0.1, -0.05) is 13.3 Å². The SMILES string of the molecule is CCCC(N)c1cc(F)c(F)cc1N. The van der Waals surface area contributed by atoms with Crippen LogP contribution in [0.25, 0.3) is 0 Å². The summed E-state index contributed by atoms with van der Waals surface area (Å²) < 4.78 is 25.6. The fourth-order valence-corrected chi connectivity index (χ4v) is 1.37. The fraction of sp³-hybridized carbons (Fsp3) is 0.400. The maximum atomic E-state index is 12.9. The molecule has 1 aromatic rings. The first kappa shape index (κ1) is 10.9. The molecule has 0 radical (unpaired) electrons. The Balaban J connectivity index is 3.02. The number of rotatable bonds is 3. The standard InChI is InChI=1S/C10H14F2N2/c1-2-3-9(13)6-4-7(11)8(12)5-10(6)14/h4-5,9H,2-3,13-14H2,1H3. The van der Waals surface area contributed by atoms with E-state index in [-0.39, 0.29) is 11.7 Å². The van der Waals surface area contributed by atoms with Gasteiger partial charge in [-0.15, -0.1) is 0 Å². The summed E-state index contributed by atoms with van der Waals surface area (Å²) in [6, 6.07) is 1.72. The van der Waals surface area contributed by atoms with Crippen LogP contribution in [0.1, 0.15) is 31.4 Å². The molecule has 4 N–H and O–H groups in total. The van der Waals surface area contributed by atoms with Gasteiger partial charge in [0.1, 0.15) is 0 Å². The molecule has 0 spiro atoms. The van der Waals surface area contributed by atoms with Crippen LogP contribution in [0.15, 0.2) is 12.1 Å². The molecule has 0 aliphatic heterocycles. The predicted octanol–water partition coefficient (Wildman–Crippen LogP) is 2.35. The summed E-state index contributed by atoms with van der Waals surface area (Å²) in [7, 11) is 0. The maximum absolute atomic E-state index is 12.9. The molecule has 0 aromatic heterocycles. The molecule has 14 heavy (non-hydrogen) atoms. The van der Waals surface area contributed by atoms with E-state index >= 15 is 0 Å². The number of hydrogen-bond acceptors (Lipinski definition) is 2. The minimum Gasteiger partial charge on any atom is -0.398 e. The van der Waals surface area contributed by atoms with Crippen molar-refractivity contribution < 1.29 is 8.78 Å². The smallest absolute Gasteiger partial charge is 0.160 e. The number of benzene rings is 1. The van der Waals surface area contributed by atoms with Crippen LogP contribution < -0.4 is 11.5 Å². The normalized spacial score (nSPS) is 12.9. The van der Waals surface area contributed by atoms with E-state index in [9.17, 15) is 8.78 Å². The van der Waals surface area contributed by atoms with E-state index in [0.29, 0.717) is 12.0 Å². The van der Waals surface area contributed by atoms with Crippen molar-refractivity contribution in [3.63, 3.8) is 0 Å². The van der Waals surface area contributed by atoms with Gasteiger partial charge in [0.15, 0.2) is 11.6 Å². The van der Waals surface area contributed by atoms with E-state index in [1.54, 1.807) is 0 Å². The Hall–Kier alpha value is -1.16. The quantitative estimate of drug-likeness (QED) is 0.736. The van der Waals surface area contributed by atoms with Crippen molar-refractivity contribution in [1.29, 1.82) is 0 Å². The average molecular weight is 200 g/mol. The Morgan fingerprint density at radius 3 is 2.43 bits per heavy atom. The lowest BCUT2D eigenvalue weighted by Crippen LogP contribution is -2.13. The molecule has 0 aliphatic carbocycles. The molecule has 1 aromatic carbocycles. The highest BCUT2D eigenvalue weighted by Crippen LogP contribution is 2.24. The monoisotopic (exact) mass is 200 g/mol. The van der Waals surface area contributed by atoms with Crippen molar-refractivity contribution in [3.8, 4) is 0 Å². The summed E-state index contributed by atoms with van der Waals surface area (Å²) >= 11 is 0. The van der Waals surface area contributed by atoms with Gasteiger partial charge in [0.05, 0.1) is 0 Å². The first-order chi connectivity index (χ1) is 6.56. The molecule has 0 saturated carbocycles. The molecule has 1 rings (SSSR count). The molecule has 1 unspecified atom stereocenters. The van der Waals surface area contributed by atoms with Crippen LogP contribution in [-0.4, -0.2) is 0 Å². The van der Waals surface area contributed by atoms with Crippen LogP contribution in [0, 0.1) is 11.6 Å². The topological polar surface area (TPSA) is 52.0 Å². The highest BCUT2D eigenvalue weighted by atomic mass is 19.2. The highest BCUT2D eigenvalue weighted by Gasteiger charge is 2.12. The van der Waals surface area contributed by atoms with Crippen LogP contribution in [0.5, 0.6) is 0 Å². The summed E-state index contributed by atoms with van der Waals surface area (Å²) in [4.78, 5) is 0. The third-order valence-electron chi connectivity index (χ3n) is 2.13. The Labute approximate surface area is 81.9 Å². The number of nitrogen functional groups attached to an aromatic ring is 1. The van der Waals surface area contributed by atoms with Crippen molar-refractivity contribution >= 4 is 5.69 Å². The van der Waals surface area contributed by atoms with Crippen molar-refractivity contribution in [1.82, 2.24) is 0 Å². The Morgan fingerprint density at radius 1 is 1.29 bits per heavy atom. The summed E-state index contributed by atoms with van der Waals surface area (Å²) in [5.74, 6) is -1.84. The van der Waals surface area contributed by atoms with Gasteiger partial charge in [-0.3, -0.25) is 0 Å². The first-order valence-corrected chi connectivity index (χ1v) is 4.56. The fourth-order valence-electron chi connectivity index (χ4n) is 1.37. The van der Waals surface area contributed by atoms with E-state index in [1.807, 2.05) is 6.92 Å². The van der Waals surface area contributed by atoms with E-state index in [2.05, 4.69) is 0 Å². The van der Waals surface area contributed by atoms with Gasteiger partial charge >= 0.3 is 0 Å².